The maximum absolute atomic E-state index is 8.62. The van der Waals surface area contributed by atoms with E-state index in [1.165, 1.54) is 6.21 Å². The van der Waals surface area contributed by atoms with E-state index >= 15 is 0 Å². The second-order valence-corrected chi connectivity index (χ2v) is 6.31. The Bertz CT molecular complexity index is 707. The molecule has 2 aromatic carbocycles. The number of oxime groups is 1. The zero-order chi connectivity index (χ0) is 16.1. The molecule has 22 heavy (non-hydrogen) atoms. The number of ether oxygens (including phenoxy) is 2. The molecule has 0 radical (unpaired) electrons. The third-order valence-electron chi connectivity index (χ3n) is 2.85. The molecular weight excluding hydrogens is 440 g/mol. The molecule has 0 fully saturated rings. The van der Waals surface area contributed by atoms with Gasteiger partial charge >= 0.3 is 0 Å². The molecule has 1 N–H and O–H groups in total. The number of hydrogen-bond acceptors (Lipinski definition) is 4. The number of nitrogens with zero attached hydrogens (tertiary/aromatic N) is 1. The number of rotatable bonds is 5. The van der Waals surface area contributed by atoms with Crippen LogP contribution in [0.25, 0.3) is 0 Å². The predicted octanol–water partition coefficient (Wildman–Crippen LogP) is 4.99. The highest BCUT2D eigenvalue weighted by Gasteiger charge is 2.12. The quantitative estimate of drug-likeness (QED) is 0.301. The minimum absolute atomic E-state index is 0.287. The normalized spacial score (nSPS) is 10.9. The van der Waals surface area contributed by atoms with Crippen molar-refractivity contribution < 1.29 is 14.7 Å². The summed E-state index contributed by atoms with van der Waals surface area (Å²) in [5.41, 5.74) is 1.53. The molecule has 0 aliphatic heterocycles. The number of halogens is 3. The van der Waals surface area contributed by atoms with Crippen LogP contribution in [0.2, 0.25) is 10.0 Å². The minimum Gasteiger partial charge on any atom is -0.493 e. The molecule has 2 rings (SSSR count). The molecule has 0 atom stereocenters. The summed E-state index contributed by atoms with van der Waals surface area (Å²) in [7, 11) is 1.55. The van der Waals surface area contributed by atoms with Crippen LogP contribution in [-0.2, 0) is 6.61 Å². The van der Waals surface area contributed by atoms with Gasteiger partial charge in [-0.1, -0.05) is 34.4 Å². The van der Waals surface area contributed by atoms with Crippen LogP contribution in [0.1, 0.15) is 11.1 Å². The second kappa shape index (κ2) is 7.89. The minimum atomic E-state index is 0.287. The summed E-state index contributed by atoms with van der Waals surface area (Å²) >= 11 is 14.1. The largest absolute Gasteiger partial charge is 0.493 e. The van der Waals surface area contributed by atoms with Gasteiger partial charge in [-0.3, -0.25) is 0 Å². The molecule has 2 aromatic rings. The van der Waals surface area contributed by atoms with Gasteiger partial charge in [0.25, 0.3) is 0 Å². The second-order valence-electron chi connectivity index (χ2n) is 4.30. The van der Waals surface area contributed by atoms with Crippen LogP contribution >= 0.6 is 45.8 Å². The Balaban J connectivity index is 2.25. The summed E-state index contributed by atoms with van der Waals surface area (Å²) in [4.78, 5) is 0. The van der Waals surface area contributed by atoms with Gasteiger partial charge in [0.2, 0.25) is 0 Å². The molecule has 0 saturated heterocycles. The maximum atomic E-state index is 8.62. The smallest absolute Gasteiger partial charge is 0.174 e. The van der Waals surface area contributed by atoms with E-state index in [0.717, 1.165) is 9.13 Å². The van der Waals surface area contributed by atoms with Crippen molar-refractivity contribution in [1.29, 1.82) is 0 Å². The Labute approximate surface area is 151 Å². The van der Waals surface area contributed by atoms with Gasteiger partial charge in [0.05, 0.1) is 16.9 Å². The molecule has 0 spiro atoms. The van der Waals surface area contributed by atoms with E-state index < -0.39 is 0 Å². The van der Waals surface area contributed by atoms with E-state index in [1.807, 2.05) is 12.1 Å². The molecule has 0 aliphatic rings. The lowest BCUT2D eigenvalue weighted by Crippen LogP contribution is -2.01. The highest BCUT2D eigenvalue weighted by molar-refractivity contribution is 14.1. The van der Waals surface area contributed by atoms with Crippen molar-refractivity contribution >= 4 is 52.0 Å². The van der Waals surface area contributed by atoms with Gasteiger partial charge in [-0.2, -0.15) is 0 Å². The predicted molar refractivity (Wildman–Crippen MR) is 95.9 cm³/mol. The van der Waals surface area contributed by atoms with Crippen LogP contribution < -0.4 is 9.47 Å². The lowest BCUT2D eigenvalue weighted by Gasteiger charge is -2.14. The van der Waals surface area contributed by atoms with Crippen molar-refractivity contribution in [3.8, 4) is 11.5 Å². The number of hydrogen-bond donors (Lipinski definition) is 1. The zero-order valence-corrected chi connectivity index (χ0v) is 15.2. The summed E-state index contributed by atoms with van der Waals surface area (Å²) in [5.74, 6) is 1.15. The molecule has 116 valence electrons. The van der Waals surface area contributed by atoms with Crippen LogP contribution in [0.5, 0.6) is 11.5 Å². The van der Waals surface area contributed by atoms with Gasteiger partial charge in [0.1, 0.15) is 6.61 Å². The lowest BCUT2D eigenvalue weighted by atomic mass is 10.2. The third-order valence-corrected chi connectivity index (χ3v) is 4.23. The van der Waals surface area contributed by atoms with Crippen LogP contribution in [-0.4, -0.2) is 18.5 Å². The van der Waals surface area contributed by atoms with Crippen LogP contribution in [0.3, 0.4) is 0 Å². The van der Waals surface area contributed by atoms with Crippen LogP contribution in [0.15, 0.2) is 35.5 Å². The molecule has 0 amide bonds. The Kier molecular flexibility index (Phi) is 6.16. The van der Waals surface area contributed by atoms with Crippen molar-refractivity contribution in [2.24, 2.45) is 5.16 Å². The van der Waals surface area contributed by atoms with Crippen molar-refractivity contribution in [2.45, 2.75) is 6.61 Å². The summed E-state index contributed by atoms with van der Waals surface area (Å²) in [6.45, 7) is 0.287. The first-order valence-electron chi connectivity index (χ1n) is 6.17. The van der Waals surface area contributed by atoms with E-state index in [2.05, 4.69) is 27.7 Å². The van der Waals surface area contributed by atoms with Gasteiger partial charge in [-0.25, -0.2) is 0 Å². The number of methoxy groups -OCH3 is 1. The molecular formula is C15H12Cl2INO3. The van der Waals surface area contributed by atoms with Crippen LogP contribution in [0, 0.1) is 3.57 Å². The van der Waals surface area contributed by atoms with E-state index in [1.54, 1.807) is 25.3 Å². The molecule has 0 bridgehead atoms. The van der Waals surface area contributed by atoms with Gasteiger partial charge in [-0.15, -0.1) is 0 Å². The van der Waals surface area contributed by atoms with E-state index in [-0.39, 0.29) is 6.61 Å². The molecule has 0 saturated carbocycles. The van der Waals surface area contributed by atoms with Gasteiger partial charge in [0, 0.05) is 21.2 Å². The summed E-state index contributed by atoms with van der Waals surface area (Å²) < 4.78 is 12.0. The first-order valence-corrected chi connectivity index (χ1v) is 8.00. The van der Waals surface area contributed by atoms with E-state index in [4.69, 9.17) is 37.9 Å². The fourth-order valence-electron chi connectivity index (χ4n) is 1.81. The van der Waals surface area contributed by atoms with Crippen molar-refractivity contribution in [1.82, 2.24) is 0 Å². The Hall–Kier alpha value is -1.18. The fourth-order valence-corrected chi connectivity index (χ4v) is 3.05. The molecule has 0 aromatic heterocycles. The standard InChI is InChI=1S/C15H12Cl2INO3/c1-21-14-5-9(7-19-20)4-13(18)15(14)22-8-10-2-3-11(16)6-12(10)17/h2-7,20H,8H2,1H3/b19-7+. The third kappa shape index (κ3) is 4.18. The molecule has 0 aliphatic carbocycles. The number of benzene rings is 2. The van der Waals surface area contributed by atoms with Gasteiger partial charge < -0.3 is 14.7 Å². The van der Waals surface area contributed by atoms with Crippen LogP contribution in [0.4, 0.5) is 0 Å². The van der Waals surface area contributed by atoms with Crippen molar-refractivity contribution in [3.05, 3.63) is 55.1 Å². The lowest BCUT2D eigenvalue weighted by molar-refractivity contribution is 0.282. The van der Waals surface area contributed by atoms with Gasteiger partial charge in [0.15, 0.2) is 11.5 Å². The summed E-state index contributed by atoms with van der Waals surface area (Å²) in [6, 6.07) is 8.79. The first-order chi connectivity index (χ1) is 10.5. The summed E-state index contributed by atoms with van der Waals surface area (Å²) in [5, 5.41) is 12.8. The average molecular weight is 452 g/mol. The Morgan fingerprint density at radius 1 is 1.27 bits per heavy atom. The maximum Gasteiger partial charge on any atom is 0.174 e. The zero-order valence-electron chi connectivity index (χ0n) is 11.5. The topological polar surface area (TPSA) is 51.0 Å². The van der Waals surface area contributed by atoms with Gasteiger partial charge in [-0.05, 0) is 46.9 Å². The molecule has 0 heterocycles. The van der Waals surface area contributed by atoms with E-state index in [0.29, 0.717) is 27.1 Å². The molecule has 7 heteroatoms. The molecule has 4 nitrogen and oxygen atoms in total. The monoisotopic (exact) mass is 451 g/mol. The van der Waals surface area contributed by atoms with Crippen molar-refractivity contribution in [2.75, 3.05) is 7.11 Å². The fraction of sp³-hybridized carbons (Fsp3) is 0.133. The first kappa shape index (κ1) is 17.2. The van der Waals surface area contributed by atoms with Crippen molar-refractivity contribution in [3.63, 3.8) is 0 Å². The molecule has 0 unspecified atom stereocenters. The Morgan fingerprint density at radius 2 is 2.05 bits per heavy atom. The van der Waals surface area contributed by atoms with E-state index in [9.17, 15) is 0 Å². The highest BCUT2D eigenvalue weighted by atomic mass is 127. The summed E-state index contributed by atoms with van der Waals surface area (Å²) in [6.07, 6.45) is 1.32. The Morgan fingerprint density at radius 3 is 2.68 bits per heavy atom. The highest BCUT2D eigenvalue weighted by Crippen LogP contribution is 2.34. The SMILES string of the molecule is COc1cc(/C=N/O)cc(I)c1OCc1ccc(Cl)cc1Cl. The average Bonchev–Trinajstić information content (AvgIpc) is 2.47.